The minimum atomic E-state index is -0.918. The number of carboxylic acid groups (broad SMARTS) is 1. The molecule has 1 aromatic heterocycles. The molecule has 2 rings (SSSR count). The van der Waals surface area contributed by atoms with Crippen LogP contribution in [0.5, 0.6) is 0 Å². The fourth-order valence-electron chi connectivity index (χ4n) is 2.34. The van der Waals surface area contributed by atoms with Gasteiger partial charge in [0.1, 0.15) is 0 Å². The number of carbonyl (C=O) groups excluding carboxylic acids is 1. The van der Waals surface area contributed by atoms with Crippen LogP contribution in [0.25, 0.3) is 11.0 Å². The molecule has 0 aliphatic heterocycles. The average Bonchev–Trinajstić information content (AvgIpc) is 2.47. The van der Waals surface area contributed by atoms with E-state index in [0.29, 0.717) is 11.1 Å². The highest BCUT2D eigenvalue weighted by atomic mass is 16.4. The van der Waals surface area contributed by atoms with Gasteiger partial charge in [0.25, 0.3) is 5.91 Å². The minimum Gasteiger partial charge on any atom is -0.481 e. The van der Waals surface area contributed by atoms with E-state index in [0.717, 1.165) is 16.9 Å². The van der Waals surface area contributed by atoms with E-state index in [9.17, 15) is 9.59 Å². The van der Waals surface area contributed by atoms with Crippen LogP contribution in [0.1, 0.15) is 42.0 Å². The summed E-state index contributed by atoms with van der Waals surface area (Å²) >= 11 is 0. The number of aryl methyl sites for hydroxylation is 2. The van der Waals surface area contributed by atoms with Crippen molar-refractivity contribution >= 4 is 22.9 Å². The van der Waals surface area contributed by atoms with Crippen LogP contribution in [0.2, 0.25) is 0 Å². The van der Waals surface area contributed by atoms with Gasteiger partial charge in [-0.15, -0.1) is 0 Å². The second-order valence-electron chi connectivity index (χ2n) is 5.83. The van der Waals surface area contributed by atoms with Crippen LogP contribution in [-0.4, -0.2) is 44.4 Å². The molecule has 0 atom stereocenters. The lowest BCUT2D eigenvalue weighted by molar-refractivity contribution is -0.137. The van der Waals surface area contributed by atoms with Crippen LogP contribution < -0.4 is 0 Å². The predicted molar refractivity (Wildman–Crippen MR) is 87.4 cm³/mol. The molecule has 1 heterocycles. The smallest absolute Gasteiger partial charge is 0.305 e. The molecule has 6 nitrogen and oxygen atoms in total. The predicted octanol–water partition coefficient (Wildman–Crippen LogP) is 2.57. The van der Waals surface area contributed by atoms with Gasteiger partial charge in [0.15, 0.2) is 0 Å². The summed E-state index contributed by atoms with van der Waals surface area (Å²) in [6.45, 7) is 7.70. The molecule has 0 unspecified atom stereocenters. The Balaban J connectivity index is 2.35. The Bertz CT molecular complexity index is 756. The van der Waals surface area contributed by atoms with Crippen molar-refractivity contribution in [2.45, 2.75) is 40.2 Å². The lowest BCUT2D eigenvalue weighted by Crippen LogP contribution is -2.38. The number of benzene rings is 1. The molecule has 0 saturated carbocycles. The Hall–Kier alpha value is -2.50. The Morgan fingerprint density at radius 2 is 1.74 bits per heavy atom. The summed E-state index contributed by atoms with van der Waals surface area (Å²) in [5.41, 5.74) is 3.59. The highest BCUT2D eigenvalue weighted by Crippen LogP contribution is 2.17. The summed E-state index contributed by atoms with van der Waals surface area (Å²) in [5.74, 6) is -1.11. The first-order valence-corrected chi connectivity index (χ1v) is 7.57. The van der Waals surface area contributed by atoms with Crippen molar-refractivity contribution in [3.63, 3.8) is 0 Å². The van der Waals surface area contributed by atoms with E-state index in [2.05, 4.69) is 9.97 Å². The van der Waals surface area contributed by atoms with Crippen molar-refractivity contribution in [1.82, 2.24) is 14.9 Å². The summed E-state index contributed by atoms with van der Waals surface area (Å²) in [7, 11) is 0. The third kappa shape index (κ3) is 3.83. The van der Waals surface area contributed by atoms with Gasteiger partial charge in [0.05, 0.1) is 28.8 Å². The molecule has 6 heteroatoms. The van der Waals surface area contributed by atoms with Gasteiger partial charge in [-0.1, -0.05) is 0 Å². The summed E-state index contributed by atoms with van der Waals surface area (Å²) in [6, 6.07) is 5.12. The quantitative estimate of drug-likeness (QED) is 0.917. The molecule has 0 fully saturated rings. The van der Waals surface area contributed by atoms with Crippen LogP contribution in [-0.2, 0) is 4.79 Å². The largest absolute Gasteiger partial charge is 0.481 e. The molecular formula is C17H21N3O3. The molecule has 1 aromatic carbocycles. The van der Waals surface area contributed by atoms with Gasteiger partial charge in [0, 0.05) is 18.2 Å². The van der Waals surface area contributed by atoms with Gasteiger partial charge in [0.2, 0.25) is 0 Å². The number of hydrogen-bond donors (Lipinski definition) is 1. The Labute approximate surface area is 135 Å². The molecule has 0 bridgehead atoms. The van der Waals surface area contributed by atoms with E-state index in [4.69, 9.17) is 5.11 Å². The van der Waals surface area contributed by atoms with Crippen LogP contribution in [0.15, 0.2) is 18.2 Å². The molecule has 122 valence electrons. The fraction of sp³-hybridized carbons (Fsp3) is 0.412. The lowest BCUT2D eigenvalue weighted by Gasteiger charge is -2.26. The third-order valence-corrected chi connectivity index (χ3v) is 3.77. The highest BCUT2D eigenvalue weighted by Gasteiger charge is 2.20. The summed E-state index contributed by atoms with van der Waals surface area (Å²) in [6.07, 6.45) is -0.0738. The number of hydrogen-bond acceptors (Lipinski definition) is 4. The van der Waals surface area contributed by atoms with Gasteiger partial charge < -0.3 is 10.0 Å². The van der Waals surface area contributed by atoms with Gasteiger partial charge in [-0.05, 0) is 45.9 Å². The third-order valence-electron chi connectivity index (χ3n) is 3.77. The minimum absolute atomic E-state index is 0.0738. The van der Waals surface area contributed by atoms with Gasteiger partial charge in [-0.25, -0.2) is 9.97 Å². The molecule has 1 amide bonds. The number of aromatic nitrogens is 2. The summed E-state index contributed by atoms with van der Waals surface area (Å²) in [5, 5.41) is 8.84. The number of fused-ring (bicyclic) bond motifs is 1. The first kappa shape index (κ1) is 16.9. The van der Waals surface area contributed by atoms with E-state index in [1.165, 1.54) is 0 Å². The monoisotopic (exact) mass is 315 g/mol. The van der Waals surface area contributed by atoms with Crippen molar-refractivity contribution in [3.8, 4) is 0 Å². The van der Waals surface area contributed by atoms with Crippen LogP contribution in [0, 0.1) is 13.8 Å². The van der Waals surface area contributed by atoms with Crippen molar-refractivity contribution in [2.75, 3.05) is 6.54 Å². The van der Waals surface area contributed by atoms with E-state index in [1.807, 2.05) is 27.7 Å². The SMILES string of the molecule is Cc1nc2ccc(C(=O)N(CCC(=O)O)C(C)C)cc2nc1C. The second kappa shape index (κ2) is 6.73. The number of amides is 1. The molecule has 2 aromatic rings. The number of nitrogens with zero attached hydrogens (tertiary/aromatic N) is 3. The molecular weight excluding hydrogens is 294 g/mol. The number of carbonyl (C=O) groups is 2. The maximum absolute atomic E-state index is 12.7. The number of rotatable bonds is 5. The molecule has 23 heavy (non-hydrogen) atoms. The Morgan fingerprint density at radius 3 is 2.30 bits per heavy atom. The summed E-state index contributed by atoms with van der Waals surface area (Å²) < 4.78 is 0. The topological polar surface area (TPSA) is 83.4 Å². The van der Waals surface area contributed by atoms with E-state index < -0.39 is 5.97 Å². The lowest BCUT2D eigenvalue weighted by atomic mass is 10.1. The molecule has 0 aliphatic carbocycles. The average molecular weight is 315 g/mol. The first-order chi connectivity index (χ1) is 10.8. The highest BCUT2D eigenvalue weighted by molar-refractivity contribution is 5.97. The van der Waals surface area contributed by atoms with Gasteiger partial charge in [-0.3, -0.25) is 9.59 Å². The first-order valence-electron chi connectivity index (χ1n) is 7.57. The summed E-state index contributed by atoms with van der Waals surface area (Å²) in [4.78, 5) is 33.9. The van der Waals surface area contributed by atoms with Crippen LogP contribution >= 0.6 is 0 Å². The molecule has 0 radical (unpaired) electrons. The van der Waals surface area contributed by atoms with Gasteiger partial charge >= 0.3 is 5.97 Å². The van der Waals surface area contributed by atoms with Crippen molar-refractivity contribution in [2.24, 2.45) is 0 Å². The van der Waals surface area contributed by atoms with E-state index in [-0.39, 0.29) is 24.9 Å². The Morgan fingerprint density at radius 1 is 1.13 bits per heavy atom. The fourth-order valence-corrected chi connectivity index (χ4v) is 2.34. The van der Waals surface area contributed by atoms with Crippen molar-refractivity contribution < 1.29 is 14.7 Å². The zero-order valence-corrected chi connectivity index (χ0v) is 13.8. The van der Waals surface area contributed by atoms with Crippen LogP contribution in [0.3, 0.4) is 0 Å². The molecule has 0 spiro atoms. The standard InChI is InChI=1S/C17H21N3O3/c1-10(2)20(8-7-16(21)22)17(23)13-5-6-14-15(9-13)19-12(4)11(3)18-14/h5-6,9-10H,7-8H2,1-4H3,(H,21,22). The maximum atomic E-state index is 12.7. The van der Waals surface area contributed by atoms with E-state index >= 15 is 0 Å². The van der Waals surface area contributed by atoms with Crippen molar-refractivity contribution in [1.29, 1.82) is 0 Å². The van der Waals surface area contributed by atoms with Crippen LogP contribution in [0.4, 0.5) is 0 Å². The normalized spacial score (nSPS) is 11.0. The zero-order valence-electron chi connectivity index (χ0n) is 13.8. The Kier molecular flexibility index (Phi) is 4.93. The van der Waals surface area contributed by atoms with E-state index in [1.54, 1.807) is 23.1 Å². The van der Waals surface area contributed by atoms with Crippen molar-refractivity contribution in [3.05, 3.63) is 35.2 Å². The second-order valence-corrected chi connectivity index (χ2v) is 5.83. The molecule has 0 aliphatic rings. The number of carboxylic acids is 1. The zero-order chi connectivity index (χ0) is 17.1. The molecule has 0 saturated heterocycles. The number of aliphatic carboxylic acids is 1. The van der Waals surface area contributed by atoms with Gasteiger partial charge in [-0.2, -0.15) is 0 Å². The maximum Gasteiger partial charge on any atom is 0.305 e. The molecule has 1 N–H and O–H groups in total.